The fourth-order valence-corrected chi connectivity index (χ4v) is 3.86. The normalized spacial score (nSPS) is 24.5. The molecule has 1 amide bonds. The Morgan fingerprint density at radius 3 is 3.12 bits per heavy atom. The van der Waals surface area contributed by atoms with E-state index in [-0.39, 0.29) is 5.91 Å². The Kier molecular flexibility index (Phi) is 5.04. The topological polar surface area (TPSA) is 29.1 Å². The summed E-state index contributed by atoms with van der Waals surface area (Å²) in [6.45, 7) is 0.840. The molecule has 1 saturated carbocycles. The Morgan fingerprint density at radius 1 is 1.53 bits per heavy atom. The van der Waals surface area contributed by atoms with Gasteiger partial charge in [0.1, 0.15) is 0 Å². The molecule has 0 spiro atoms. The van der Waals surface area contributed by atoms with E-state index in [1.165, 1.54) is 25.7 Å². The van der Waals surface area contributed by atoms with Crippen molar-refractivity contribution in [1.82, 2.24) is 5.32 Å². The number of rotatable bonds is 4. The van der Waals surface area contributed by atoms with E-state index in [9.17, 15) is 4.79 Å². The van der Waals surface area contributed by atoms with Gasteiger partial charge >= 0.3 is 0 Å². The number of thiophene rings is 1. The first-order valence-corrected chi connectivity index (χ1v) is 7.96. The van der Waals surface area contributed by atoms with Crippen LogP contribution in [0, 0.1) is 5.92 Å². The van der Waals surface area contributed by atoms with Gasteiger partial charge in [-0.1, -0.05) is 28.4 Å². The van der Waals surface area contributed by atoms with E-state index in [0.717, 1.165) is 11.4 Å². The van der Waals surface area contributed by atoms with E-state index in [0.29, 0.717) is 17.2 Å². The van der Waals surface area contributed by atoms with Crippen LogP contribution >= 0.6 is 27.3 Å². The van der Waals surface area contributed by atoms with Gasteiger partial charge in [0.25, 0.3) is 0 Å². The minimum atomic E-state index is 0.157. The van der Waals surface area contributed by atoms with E-state index in [4.69, 9.17) is 0 Å². The van der Waals surface area contributed by atoms with Crippen LogP contribution in [0.3, 0.4) is 0 Å². The second-order valence-corrected chi connectivity index (χ2v) is 7.02. The highest BCUT2D eigenvalue weighted by Gasteiger charge is 2.20. The largest absolute Gasteiger partial charge is 0.356 e. The van der Waals surface area contributed by atoms with Gasteiger partial charge in [-0.3, -0.25) is 4.79 Å². The smallest absolute Gasteiger partial charge is 0.225 e. The number of carbonyl (C=O) groups excluding carboxylic acids is 1. The minimum Gasteiger partial charge on any atom is -0.356 e. The molecular formula is C13H18BrNOS. The lowest BCUT2D eigenvalue weighted by molar-refractivity contribution is -0.120. The van der Waals surface area contributed by atoms with Gasteiger partial charge < -0.3 is 5.32 Å². The van der Waals surface area contributed by atoms with Gasteiger partial charge in [-0.25, -0.2) is 0 Å². The van der Waals surface area contributed by atoms with Gasteiger partial charge in [0.05, 0.1) is 6.42 Å². The van der Waals surface area contributed by atoms with Crippen molar-refractivity contribution in [3.63, 3.8) is 0 Å². The summed E-state index contributed by atoms with van der Waals surface area (Å²) in [6, 6.07) is 4.00. The molecule has 0 aromatic carbocycles. The molecule has 1 aliphatic rings. The average molecular weight is 316 g/mol. The second-order valence-electron chi connectivity index (χ2n) is 4.69. The lowest BCUT2D eigenvalue weighted by atomic mass is 9.89. The van der Waals surface area contributed by atoms with Crippen LogP contribution < -0.4 is 5.32 Å². The van der Waals surface area contributed by atoms with Gasteiger partial charge in [-0.2, -0.15) is 0 Å². The molecule has 1 N–H and O–H groups in total. The van der Waals surface area contributed by atoms with E-state index in [1.807, 2.05) is 17.5 Å². The molecule has 2 unspecified atom stereocenters. The predicted molar refractivity (Wildman–Crippen MR) is 75.7 cm³/mol. The van der Waals surface area contributed by atoms with Crippen molar-refractivity contribution in [3.05, 3.63) is 22.4 Å². The molecular weight excluding hydrogens is 298 g/mol. The van der Waals surface area contributed by atoms with Crippen LogP contribution in [-0.4, -0.2) is 17.3 Å². The zero-order valence-corrected chi connectivity index (χ0v) is 12.2. The fourth-order valence-electron chi connectivity index (χ4n) is 2.30. The van der Waals surface area contributed by atoms with Gasteiger partial charge in [-0.15, -0.1) is 11.3 Å². The van der Waals surface area contributed by atoms with Crippen LogP contribution in [0.15, 0.2) is 17.5 Å². The Balaban J connectivity index is 1.69. The molecule has 4 heteroatoms. The summed E-state index contributed by atoms with van der Waals surface area (Å²) in [5.41, 5.74) is 0. The molecule has 0 radical (unpaired) electrons. The highest BCUT2D eigenvalue weighted by atomic mass is 79.9. The molecule has 1 aromatic heterocycles. The third-order valence-electron chi connectivity index (χ3n) is 3.22. The highest BCUT2D eigenvalue weighted by molar-refractivity contribution is 9.09. The summed E-state index contributed by atoms with van der Waals surface area (Å²) in [7, 11) is 0. The Labute approximate surface area is 115 Å². The summed E-state index contributed by atoms with van der Waals surface area (Å²) in [4.78, 5) is 13.5. The SMILES string of the molecule is O=C(Cc1cccs1)NCC1CCCC(Br)C1. The monoisotopic (exact) mass is 315 g/mol. The predicted octanol–water partition coefficient (Wildman–Crippen LogP) is 3.36. The van der Waals surface area contributed by atoms with Crippen molar-refractivity contribution in [3.8, 4) is 0 Å². The highest BCUT2D eigenvalue weighted by Crippen LogP contribution is 2.28. The Morgan fingerprint density at radius 2 is 2.41 bits per heavy atom. The minimum absolute atomic E-state index is 0.157. The maximum Gasteiger partial charge on any atom is 0.225 e. The zero-order valence-electron chi connectivity index (χ0n) is 9.82. The molecule has 1 aromatic rings. The number of alkyl halides is 1. The van der Waals surface area contributed by atoms with Crippen molar-refractivity contribution in [2.45, 2.75) is 36.9 Å². The zero-order chi connectivity index (χ0) is 12.1. The fraction of sp³-hybridized carbons (Fsp3) is 0.615. The summed E-state index contributed by atoms with van der Waals surface area (Å²) in [6.07, 6.45) is 5.53. The van der Waals surface area contributed by atoms with E-state index in [2.05, 4.69) is 21.2 Å². The molecule has 94 valence electrons. The number of amides is 1. The molecule has 2 nitrogen and oxygen atoms in total. The molecule has 0 aliphatic heterocycles. The van der Waals surface area contributed by atoms with Crippen molar-refractivity contribution in [2.24, 2.45) is 5.92 Å². The van der Waals surface area contributed by atoms with E-state index >= 15 is 0 Å². The number of carbonyl (C=O) groups is 1. The molecule has 2 atom stereocenters. The standard InChI is InChI=1S/C13H18BrNOS/c14-11-4-1-3-10(7-11)9-15-13(16)8-12-5-2-6-17-12/h2,5-6,10-11H,1,3-4,7-9H2,(H,15,16). The maximum atomic E-state index is 11.7. The Hall–Kier alpha value is -0.350. The summed E-state index contributed by atoms with van der Waals surface area (Å²) in [5.74, 6) is 0.810. The molecule has 1 heterocycles. The van der Waals surface area contributed by atoms with Crippen molar-refractivity contribution < 1.29 is 4.79 Å². The lowest BCUT2D eigenvalue weighted by Crippen LogP contribution is -2.32. The van der Waals surface area contributed by atoms with Gasteiger partial charge in [-0.05, 0) is 36.6 Å². The first-order chi connectivity index (χ1) is 8.24. The van der Waals surface area contributed by atoms with Gasteiger partial charge in [0, 0.05) is 16.2 Å². The number of hydrogen-bond donors (Lipinski definition) is 1. The van der Waals surface area contributed by atoms with Crippen LogP contribution in [0.4, 0.5) is 0 Å². The Bertz CT molecular complexity index is 352. The summed E-state index contributed by atoms with van der Waals surface area (Å²) < 4.78 is 0. The molecule has 17 heavy (non-hydrogen) atoms. The first-order valence-electron chi connectivity index (χ1n) is 6.17. The summed E-state index contributed by atoms with van der Waals surface area (Å²) >= 11 is 5.32. The van der Waals surface area contributed by atoms with Crippen molar-refractivity contribution >= 4 is 33.2 Å². The quantitative estimate of drug-likeness (QED) is 0.848. The lowest BCUT2D eigenvalue weighted by Gasteiger charge is -2.25. The maximum absolute atomic E-state index is 11.7. The van der Waals surface area contributed by atoms with Crippen LogP contribution in [0.2, 0.25) is 0 Å². The number of nitrogens with one attached hydrogen (secondary N) is 1. The van der Waals surface area contributed by atoms with Crippen molar-refractivity contribution in [2.75, 3.05) is 6.54 Å². The number of halogens is 1. The van der Waals surface area contributed by atoms with Gasteiger partial charge in [0.15, 0.2) is 0 Å². The third-order valence-corrected chi connectivity index (χ3v) is 4.93. The molecule has 1 fully saturated rings. The van der Waals surface area contributed by atoms with Crippen LogP contribution in [-0.2, 0) is 11.2 Å². The molecule has 0 bridgehead atoms. The molecule has 0 saturated heterocycles. The van der Waals surface area contributed by atoms with Crippen molar-refractivity contribution in [1.29, 1.82) is 0 Å². The van der Waals surface area contributed by atoms with Gasteiger partial charge in [0.2, 0.25) is 5.91 Å². The molecule has 1 aliphatic carbocycles. The average Bonchev–Trinajstić information content (AvgIpc) is 2.79. The van der Waals surface area contributed by atoms with E-state index in [1.54, 1.807) is 11.3 Å². The van der Waals surface area contributed by atoms with Crippen LogP contribution in [0.25, 0.3) is 0 Å². The first kappa shape index (κ1) is 13.1. The second kappa shape index (κ2) is 6.55. The van der Waals surface area contributed by atoms with E-state index < -0.39 is 0 Å². The number of hydrogen-bond acceptors (Lipinski definition) is 2. The van der Waals surface area contributed by atoms with Crippen LogP contribution in [0.1, 0.15) is 30.6 Å². The van der Waals surface area contributed by atoms with Crippen LogP contribution in [0.5, 0.6) is 0 Å². The third kappa shape index (κ3) is 4.43. The summed E-state index contributed by atoms with van der Waals surface area (Å²) in [5, 5.41) is 5.07. The molecule has 2 rings (SSSR count).